The molecule has 0 aliphatic carbocycles. The lowest BCUT2D eigenvalue weighted by atomic mass is 10.1. The van der Waals surface area contributed by atoms with Crippen LogP contribution in [0.2, 0.25) is 5.15 Å². The van der Waals surface area contributed by atoms with Crippen LogP contribution in [0.25, 0.3) is 5.57 Å². The molecule has 1 N–H and O–H groups in total. The summed E-state index contributed by atoms with van der Waals surface area (Å²) in [5.74, 6) is 0. The molecule has 0 aliphatic heterocycles. The molecule has 0 aromatic carbocycles. The molecule has 1 rings (SSSR count). The van der Waals surface area contributed by atoms with Gasteiger partial charge in [-0.25, -0.2) is 13.8 Å². The summed E-state index contributed by atoms with van der Waals surface area (Å²) in [6.07, 6.45) is -0.466. The molecule has 2 nitrogen and oxygen atoms in total. The highest BCUT2D eigenvalue weighted by Crippen LogP contribution is 2.28. The first-order chi connectivity index (χ1) is 7.56. The Balaban J connectivity index is 2.90. The van der Waals surface area contributed by atoms with Gasteiger partial charge in [0.25, 0.3) is 6.43 Å². The highest BCUT2D eigenvalue weighted by atomic mass is 35.5. The first kappa shape index (κ1) is 13.1. The van der Waals surface area contributed by atoms with E-state index < -0.39 is 6.43 Å². The highest BCUT2D eigenvalue weighted by molar-refractivity contribution is 6.30. The Bertz CT molecular complexity index is 380. The van der Waals surface area contributed by atoms with Gasteiger partial charge in [-0.2, -0.15) is 0 Å². The molecule has 0 radical (unpaired) electrons. The number of nitrogens with zero attached hydrogens (tertiary/aromatic N) is 1. The molecule has 1 aromatic rings. The van der Waals surface area contributed by atoms with Gasteiger partial charge in [0.1, 0.15) is 5.15 Å². The monoisotopic (exact) mass is 246 g/mol. The number of aromatic nitrogens is 1. The van der Waals surface area contributed by atoms with E-state index in [1.807, 2.05) is 7.05 Å². The molecule has 0 unspecified atom stereocenters. The molecule has 16 heavy (non-hydrogen) atoms. The third kappa shape index (κ3) is 3.25. The number of hydrogen-bond acceptors (Lipinski definition) is 2. The minimum atomic E-state index is -2.61. The van der Waals surface area contributed by atoms with Crippen LogP contribution in [0.1, 0.15) is 24.0 Å². The Morgan fingerprint density at radius 1 is 1.62 bits per heavy atom. The van der Waals surface area contributed by atoms with Crippen molar-refractivity contribution < 1.29 is 8.78 Å². The molecule has 0 saturated carbocycles. The van der Waals surface area contributed by atoms with Crippen molar-refractivity contribution in [2.24, 2.45) is 0 Å². The molecular formula is C11H13ClF2N2. The Morgan fingerprint density at radius 3 is 2.88 bits per heavy atom. The number of nitrogens with one attached hydrogen (secondary N) is 1. The number of rotatable bonds is 5. The molecule has 0 fully saturated rings. The minimum Gasteiger partial charge on any atom is -0.319 e. The van der Waals surface area contributed by atoms with Gasteiger partial charge >= 0.3 is 0 Å². The van der Waals surface area contributed by atoms with Crippen molar-refractivity contribution in [2.75, 3.05) is 13.6 Å². The van der Waals surface area contributed by atoms with Gasteiger partial charge in [-0.15, -0.1) is 0 Å². The highest BCUT2D eigenvalue weighted by Gasteiger charge is 2.14. The SMILES string of the molecule is C=C(CCNC)c1cnc(Cl)c(C(F)F)c1. The Hall–Kier alpha value is -1.00. The van der Waals surface area contributed by atoms with Crippen LogP contribution >= 0.6 is 11.6 Å². The maximum absolute atomic E-state index is 12.6. The van der Waals surface area contributed by atoms with Crippen molar-refractivity contribution in [2.45, 2.75) is 12.8 Å². The van der Waals surface area contributed by atoms with E-state index in [1.54, 1.807) is 0 Å². The van der Waals surface area contributed by atoms with Gasteiger partial charge in [0.05, 0.1) is 5.56 Å². The van der Waals surface area contributed by atoms with Crippen molar-refractivity contribution in [3.05, 3.63) is 35.1 Å². The average molecular weight is 247 g/mol. The summed E-state index contributed by atoms with van der Waals surface area (Å²) in [5.41, 5.74) is 1.13. The zero-order valence-corrected chi connectivity index (χ0v) is 9.69. The first-order valence-electron chi connectivity index (χ1n) is 4.82. The molecule has 0 amide bonds. The van der Waals surface area contributed by atoms with Crippen molar-refractivity contribution in [3.63, 3.8) is 0 Å². The van der Waals surface area contributed by atoms with E-state index in [2.05, 4.69) is 16.9 Å². The van der Waals surface area contributed by atoms with Crippen LogP contribution in [-0.2, 0) is 0 Å². The van der Waals surface area contributed by atoms with Gasteiger partial charge < -0.3 is 5.32 Å². The second-order valence-corrected chi connectivity index (χ2v) is 3.72. The van der Waals surface area contributed by atoms with E-state index in [1.165, 1.54) is 12.3 Å². The average Bonchev–Trinajstić information content (AvgIpc) is 2.26. The van der Waals surface area contributed by atoms with Gasteiger partial charge in [0.15, 0.2) is 0 Å². The van der Waals surface area contributed by atoms with E-state index in [0.29, 0.717) is 12.0 Å². The molecular weight excluding hydrogens is 234 g/mol. The standard InChI is InChI=1S/C11H13ClF2N2/c1-7(3-4-15-2)8-5-9(11(13)14)10(12)16-6-8/h5-6,11,15H,1,3-4H2,2H3. The maximum Gasteiger partial charge on any atom is 0.266 e. The third-order valence-electron chi connectivity index (χ3n) is 2.19. The number of halogens is 3. The molecule has 0 saturated heterocycles. The Morgan fingerprint density at radius 2 is 2.31 bits per heavy atom. The molecule has 0 spiro atoms. The summed E-state index contributed by atoms with van der Waals surface area (Å²) in [4.78, 5) is 3.73. The minimum absolute atomic E-state index is 0.153. The summed E-state index contributed by atoms with van der Waals surface area (Å²) in [6.45, 7) is 4.57. The molecule has 1 heterocycles. The van der Waals surface area contributed by atoms with E-state index in [4.69, 9.17) is 11.6 Å². The summed E-state index contributed by atoms with van der Waals surface area (Å²) >= 11 is 5.57. The number of hydrogen-bond donors (Lipinski definition) is 1. The Kier molecular flexibility index (Phi) is 4.83. The fourth-order valence-corrected chi connectivity index (χ4v) is 1.42. The molecule has 88 valence electrons. The van der Waals surface area contributed by atoms with Crippen LogP contribution in [0.5, 0.6) is 0 Å². The van der Waals surface area contributed by atoms with E-state index in [-0.39, 0.29) is 10.7 Å². The Labute approximate surface area is 98.3 Å². The van der Waals surface area contributed by atoms with Crippen LogP contribution in [0.3, 0.4) is 0 Å². The van der Waals surface area contributed by atoms with Gasteiger partial charge in [0, 0.05) is 6.20 Å². The van der Waals surface area contributed by atoms with Gasteiger partial charge in [0.2, 0.25) is 0 Å². The van der Waals surface area contributed by atoms with Gasteiger partial charge in [-0.1, -0.05) is 18.2 Å². The van der Waals surface area contributed by atoms with E-state index >= 15 is 0 Å². The van der Waals surface area contributed by atoms with Crippen LogP contribution in [0.4, 0.5) is 8.78 Å². The lowest BCUT2D eigenvalue weighted by molar-refractivity contribution is 0.151. The zero-order chi connectivity index (χ0) is 12.1. The van der Waals surface area contributed by atoms with Crippen LogP contribution in [-0.4, -0.2) is 18.6 Å². The molecule has 5 heteroatoms. The fourth-order valence-electron chi connectivity index (χ4n) is 1.23. The molecule has 0 bridgehead atoms. The van der Waals surface area contributed by atoms with Crippen molar-refractivity contribution >= 4 is 17.2 Å². The van der Waals surface area contributed by atoms with Crippen molar-refractivity contribution in [3.8, 4) is 0 Å². The summed E-state index contributed by atoms with van der Waals surface area (Å²) < 4.78 is 25.1. The summed E-state index contributed by atoms with van der Waals surface area (Å²) in [7, 11) is 1.82. The predicted molar refractivity (Wildman–Crippen MR) is 61.8 cm³/mol. The largest absolute Gasteiger partial charge is 0.319 e. The number of pyridine rings is 1. The smallest absolute Gasteiger partial charge is 0.266 e. The fraction of sp³-hybridized carbons (Fsp3) is 0.364. The molecule has 0 aliphatic rings. The van der Waals surface area contributed by atoms with Crippen molar-refractivity contribution in [1.29, 1.82) is 0 Å². The first-order valence-corrected chi connectivity index (χ1v) is 5.20. The zero-order valence-electron chi connectivity index (χ0n) is 8.93. The molecule has 1 aromatic heterocycles. The third-order valence-corrected chi connectivity index (χ3v) is 2.50. The molecule has 0 atom stereocenters. The maximum atomic E-state index is 12.6. The van der Waals surface area contributed by atoms with E-state index in [0.717, 1.165) is 12.1 Å². The van der Waals surface area contributed by atoms with Crippen LogP contribution in [0, 0.1) is 0 Å². The summed E-state index contributed by atoms with van der Waals surface area (Å²) in [6, 6.07) is 1.35. The second-order valence-electron chi connectivity index (χ2n) is 3.36. The number of alkyl halides is 2. The van der Waals surface area contributed by atoms with Crippen LogP contribution < -0.4 is 5.32 Å². The van der Waals surface area contributed by atoms with Crippen molar-refractivity contribution in [1.82, 2.24) is 10.3 Å². The normalized spacial score (nSPS) is 10.8. The second kappa shape index (κ2) is 5.92. The quantitative estimate of drug-likeness (QED) is 0.807. The van der Waals surface area contributed by atoms with Crippen LogP contribution in [0.15, 0.2) is 18.8 Å². The lowest BCUT2D eigenvalue weighted by Crippen LogP contribution is -2.08. The predicted octanol–water partition coefficient (Wildman–Crippen LogP) is 3.30. The summed E-state index contributed by atoms with van der Waals surface area (Å²) in [5, 5.41) is 2.81. The lowest BCUT2D eigenvalue weighted by Gasteiger charge is -2.08. The van der Waals surface area contributed by atoms with Gasteiger partial charge in [-0.3, -0.25) is 0 Å². The van der Waals surface area contributed by atoms with Gasteiger partial charge in [-0.05, 0) is 37.2 Å². The van der Waals surface area contributed by atoms with E-state index in [9.17, 15) is 8.78 Å². The topological polar surface area (TPSA) is 24.9 Å².